The lowest BCUT2D eigenvalue weighted by Crippen LogP contribution is -2.36. The van der Waals surface area contributed by atoms with Gasteiger partial charge in [0, 0.05) is 18.3 Å². The number of hydrogen-bond donors (Lipinski definition) is 2. The van der Waals surface area contributed by atoms with Crippen LogP contribution in [0, 0.1) is 0 Å². The van der Waals surface area contributed by atoms with Gasteiger partial charge < -0.3 is 10.4 Å². The van der Waals surface area contributed by atoms with Gasteiger partial charge in [-0.05, 0) is 25.5 Å². The summed E-state index contributed by atoms with van der Waals surface area (Å²) >= 11 is 1.84. The van der Waals surface area contributed by atoms with E-state index in [9.17, 15) is 5.11 Å². The molecule has 1 aliphatic carbocycles. The molecular weight excluding hydrogens is 158 g/mol. The molecule has 11 heavy (non-hydrogen) atoms. The minimum Gasteiger partial charge on any atom is -0.392 e. The highest BCUT2D eigenvalue weighted by molar-refractivity contribution is 7.98. The molecule has 0 unspecified atom stereocenters. The van der Waals surface area contributed by atoms with Crippen LogP contribution < -0.4 is 5.32 Å². The van der Waals surface area contributed by atoms with Gasteiger partial charge in [-0.3, -0.25) is 0 Å². The van der Waals surface area contributed by atoms with E-state index in [0.717, 1.165) is 25.1 Å². The van der Waals surface area contributed by atoms with Crippen molar-refractivity contribution in [2.45, 2.75) is 31.4 Å². The molecule has 0 amide bonds. The van der Waals surface area contributed by atoms with Gasteiger partial charge in [-0.15, -0.1) is 0 Å². The van der Waals surface area contributed by atoms with Crippen LogP contribution in [0.3, 0.4) is 0 Å². The first-order valence-electron chi connectivity index (χ1n) is 4.25. The van der Waals surface area contributed by atoms with E-state index in [2.05, 4.69) is 11.6 Å². The first-order chi connectivity index (χ1) is 5.34. The van der Waals surface area contributed by atoms with Crippen molar-refractivity contribution >= 4 is 11.8 Å². The van der Waals surface area contributed by atoms with E-state index in [1.165, 1.54) is 6.42 Å². The number of nitrogens with one attached hydrogen (secondary N) is 1. The molecule has 0 radical (unpaired) electrons. The summed E-state index contributed by atoms with van der Waals surface area (Å²) in [4.78, 5) is 0. The monoisotopic (exact) mass is 175 g/mol. The lowest BCUT2D eigenvalue weighted by molar-refractivity contribution is 0.150. The predicted molar refractivity (Wildman–Crippen MR) is 50.0 cm³/mol. The van der Waals surface area contributed by atoms with Crippen molar-refractivity contribution in [2.75, 3.05) is 18.6 Å². The van der Waals surface area contributed by atoms with Gasteiger partial charge in [0.05, 0.1) is 6.10 Å². The molecule has 0 aromatic carbocycles. The second kappa shape index (κ2) is 5.01. The number of aliphatic hydroxyl groups excluding tert-OH is 1. The lowest BCUT2D eigenvalue weighted by atomic mass is 10.2. The molecule has 1 fully saturated rings. The average Bonchev–Trinajstić information content (AvgIpc) is 2.37. The van der Waals surface area contributed by atoms with E-state index in [1.54, 1.807) is 0 Å². The van der Waals surface area contributed by atoms with Crippen molar-refractivity contribution in [1.82, 2.24) is 5.32 Å². The lowest BCUT2D eigenvalue weighted by Gasteiger charge is -2.15. The summed E-state index contributed by atoms with van der Waals surface area (Å²) in [5.41, 5.74) is 0. The van der Waals surface area contributed by atoms with Crippen molar-refractivity contribution in [3.05, 3.63) is 0 Å². The highest BCUT2D eigenvalue weighted by atomic mass is 32.2. The van der Waals surface area contributed by atoms with E-state index >= 15 is 0 Å². The third-order valence-electron chi connectivity index (χ3n) is 2.19. The van der Waals surface area contributed by atoms with Crippen LogP contribution in [0.2, 0.25) is 0 Å². The average molecular weight is 175 g/mol. The molecule has 0 heterocycles. The molecule has 2 atom stereocenters. The molecule has 1 rings (SSSR count). The van der Waals surface area contributed by atoms with Crippen molar-refractivity contribution in [3.8, 4) is 0 Å². The third-order valence-corrected chi connectivity index (χ3v) is 2.80. The molecule has 66 valence electrons. The molecule has 0 saturated heterocycles. The topological polar surface area (TPSA) is 32.3 Å². The molecule has 3 heteroatoms. The number of hydrogen-bond acceptors (Lipinski definition) is 3. The summed E-state index contributed by atoms with van der Waals surface area (Å²) in [6, 6.07) is 0.377. The summed E-state index contributed by atoms with van der Waals surface area (Å²) in [5, 5.41) is 12.8. The first kappa shape index (κ1) is 9.36. The number of aliphatic hydroxyl groups is 1. The molecular formula is C8H17NOS. The van der Waals surface area contributed by atoms with E-state index in [-0.39, 0.29) is 6.10 Å². The van der Waals surface area contributed by atoms with Gasteiger partial charge in [-0.25, -0.2) is 0 Å². The molecule has 0 bridgehead atoms. The maximum Gasteiger partial charge on any atom is 0.0693 e. The van der Waals surface area contributed by atoms with E-state index in [4.69, 9.17) is 0 Å². The summed E-state index contributed by atoms with van der Waals surface area (Å²) in [6.07, 6.45) is 5.33. The second-order valence-electron chi connectivity index (χ2n) is 3.05. The Bertz CT molecular complexity index is 110. The fraction of sp³-hybridized carbons (Fsp3) is 1.00. The Morgan fingerprint density at radius 2 is 2.36 bits per heavy atom. The SMILES string of the molecule is CSCCN[C@H]1CCC[C@@H]1O. The maximum absolute atomic E-state index is 9.42. The van der Waals surface area contributed by atoms with Gasteiger partial charge in [0.2, 0.25) is 0 Å². The smallest absolute Gasteiger partial charge is 0.0693 e. The predicted octanol–water partition coefficient (Wildman–Crippen LogP) is 0.852. The summed E-state index contributed by atoms with van der Waals surface area (Å²) in [7, 11) is 0. The molecule has 0 aliphatic heterocycles. The van der Waals surface area contributed by atoms with Gasteiger partial charge in [0.25, 0.3) is 0 Å². The van der Waals surface area contributed by atoms with Gasteiger partial charge >= 0.3 is 0 Å². The van der Waals surface area contributed by atoms with Crippen molar-refractivity contribution in [3.63, 3.8) is 0 Å². The molecule has 1 aliphatic rings. The highest BCUT2D eigenvalue weighted by Gasteiger charge is 2.23. The van der Waals surface area contributed by atoms with Crippen LogP contribution in [0.25, 0.3) is 0 Å². The molecule has 0 aromatic heterocycles. The van der Waals surface area contributed by atoms with Gasteiger partial charge in [0.1, 0.15) is 0 Å². The van der Waals surface area contributed by atoms with Crippen LogP contribution in [-0.4, -0.2) is 35.8 Å². The fourth-order valence-corrected chi connectivity index (χ4v) is 1.85. The summed E-state index contributed by atoms with van der Waals surface area (Å²) in [5.74, 6) is 1.14. The Balaban J connectivity index is 2.05. The Morgan fingerprint density at radius 3 is 2.91 bits per heavy atom. The highest BCUT2D eigenvalue weighted by Crippen LogP contribution is 2.18. The van der Waals surface area contributed by atoms with Crippen LogP contribution in [0.1, 0.15) is 19.3 Å². The van der Waals surface area contributed by atoms with Crippen molar-refractivity contribution in [2.24, 2.45) is 0 Å². The van der Waals surface area contributed by atoms with Crippen LogP contribution in [0.5, 0.6) is 0 Å². The van der Waals surface area contributed by atoms with E-state index in [0.29, 0.717) is 6.04 Å². The Morgan fingerprint density at radius 1 is 1.55 bits per heavy atom. The second-order valence-corrected chi connectivity index (χ2v) is 4.04. The normalized spacial score (nSPS) is 31.1. The zero-order valence-corrected chi connectivity index (χ0v) is 7.86. The van der Waals surface area contributed by atoms with Gasteiger partial charge in [0.15, 0.2) is 0 Å². The quantitative estimate of drug-likeness (QED) is 0.621. The minimum atomic E-state index is -0.0862. The largest absolute Gasteiger partial charge is 0.392 e. The standard InChI is InChI=1S/C8H17NOS/c1-11-6-5-9-7-3-2-4-8(7)10/h7-10H,2-6H2,1H3/t7-,8-/m0/s1. The fourth-order valence-electron chi connectivity index (χ4n) is 1.52. The zero-order chi connectivity index (χ0) is 8.10. The number of thioether (sulfide) groups is 1. The zero-order valence-electron chi connectivity index (χ0n) is 7.05. The first-order valence-corrected chi connectivity index (χ1v) is 5.64. The molecule has 0 spiro atoms. The van der Waals surface area contributed by atoms with E-state index in [1.807, 2.05) is 11.8 Å². The van der Waals surface area contributed by atoms with Crippen molar-refractivity contribution in [1.29, 1.82) is 0 Å². The molecule has 1 saturated carbocycles. The third kappa shape index (κ3) is 3.01. The van der Waals surface area contributed by atoms with Crippen LogP contribution in [0.15, 0.2) is 0 Å². The van der Waals surface area contributed by atoms with Crippen molar-refractivity contribution < 1.29 is 5.11 Å². The maximum atomic E-state index is 9.42. The number of rotatable bonds is 4. The minimum absolute atomic E-state index is 0.0862. The van der Waals surface area contributed by atoms with Crippen LogP contribution >= 0.6 is 11.8 Å². The van der Waals surface area contributed by atoms with Crippen LogP contribution in [-0.2, 0) is 0 Å². The van der Waals surface area contributed by atoms with E-state index < -0.39 is 0 Å². The Labute approximate surface area is 72.8 Å². The Kier molecular flexibility index (Phi) is 4.26. The summed E-state index contributed by atoms with van der Waals surface area (Å²) < 4.78 is 0. The molecule has 0 aromatic rings. The molecule has 2 nitrogen and oxygen atoms in total. The van der Waals surface area contributed by atoms with Gasteiger partial charge in [-0.1, -0.05) is 0 Å². The van der Waals surface area contributed by atoms with Gasteiger partial charge in [-0.2, -0.15) is 11.8 Å². The Hall–Kier alpha value is 0.270. The molecule has 2 N–H and O–H groups in total. The van der Waals surface area contributed by atoms with Crippen LogP contribution in [0.4, 0.5) is 0 Å². The summed E-state index contributed by atoms with van der Waals surface area (Å²) in [6.45, 7) is 1.03.